The number of carbonyl (C=O) groups is 1. The van der Waals surface area contributed by atoms with E-state index in [1.54, 1.807) is 31.2 Å². The van der Waals surface area contributed by atoms with Crippen LogP contribution in [-0.2, 0) is 9.53 Å². The molecule has 0 bridgehead atoms. The van der Waals surface area contributed by atoms with Crippen molar-refractivity contribution in [2.45, 2.75) is 12.8 Å². The molecule has 0 amide bonds. The Bertz CT molecular complexity index is 598. The van der Waals surface area contributed by atoms with Gasteiger partial charge in [0.25, 0.3) is 0 Å². The largest absolute Gasteiger partial charge is 0.469 e. The highest BCUT2D eigenvalue weighted by Crippen LogP contribution is 2.18. The molecule has 0 fully saturated rings. The Morgan fingerprint density at radius 2 is 2.06 bits per heavy atom. The van der Waals surface area contributed by atoms with E-state index in [0.29, 0.717) is 5.69 Å². The van der Waals surface area contributed by atoms with Crippen LogP contribution in [0.1, 0.15) is 18.4 Å². The molecule has 1 unspecified atom stereocenters. The number of nitrogens with one attached hydrogen (secondary N) is 1. The lowest BCUT2D eigenvalue weighted by Gasteiger charge is -2.10. The molecule has 2 aromatic rings. The number of hydrogen-bond acceptors (Lipinski definition) is 4. The van der Waals surface area contributed by atoms with Crippen molar-refractivity contribution in [3.63, 3.8) is 0 Å². The summed E-state index contributed by atoms with van der Waals surface area (Å²) in [5, 5.41) is 5.96. The maximum absolute atomic E-state index is 11.4. The number of H-pyrrole nitrogens is 1. The van der Waals surface area contributed by atoms with Crippen molar-refractivity contribution in [3.05, 3.63) is 46.6 Å². The number of ether oxygens (including phenoxy) is 1. The van der Waals surface area contributed by atoms with Crippen molar-refractivity contribution in [1.82, 2.24) is 14.8 Å². The van der Waals surface area contributed by atoms with Crippen molar-refractivity contribution in [1.29, 1.82) is 0 Å². The Morgan fingerprint density at radius 1 is 1.39 bits per heavy atom. The van der Waals surface area contributed by atoms with E-state index in [-0.39, 0.29) is 17.6 Å². The van der Waals surface area contributed by atoms with Gasteiger partial charge in [0.15, 0.2) is 0 Å². The predicted molar refractivity (Wildman–Crippen MR) is 64.6 cm³/mol. The Hall–Kier alpha value is -2.37. The number of benzene rings is 1. The van der Waals surface area contributed by atoms with Crippen LogP contribution >= 0.6 is 0 Å². The van der Waals surface area contributed by atoms with Crippen LogP contribution in [0.4, 0.5) is 0 Å². The van der Waals surface area contributed by atoms with Crippen LogP contribution in [0.2, 0.25) is 0 Å². The lowest BCUT2D eigenvalue weighted by atomic mass is 10.0. The summed E-state index contributed by atoms with van der Waals surface area (Å²) in [5.41, 5.74) is 1.22. The standard InChI is InChI=1S/C12H13N3O3/c1-8(11(16)18-2)9-3-5-10(6-4-9)15-7-13-14-12(15)17/h3-8H,1-2H3,(H,14,17). The van der Waals surface area contributed by atoms with Gasteiger partial charge in [0.1, 0.15) is 6.33 Å². The van der Waals surface area contributed by atoms with Crippen molar-refractivity contribution < 1.29 is 9.53 Å². The van der Waals surface area contributed by atoms with Crippen LogP contribution in [0.5, 0.6) is 0 Å². The average molecular weight is 247 g/mol. The van der Waals surface area contributed by atoms with Crippen LogP contribution in [0.3, 0.4) is 0 Å². The van der Waals surface area contributed by atoms with Gasteiger partial charge in [0, 0.05) is 0 Å². The van der Waals surface area contributed by atoms with E-state index in [4.69, 9.17) is 0 Å². The topological polar surface area (TPSA) is 77.0 Å². The number of esters is 1. The van der Waals surface area contributed by atoms with Crippen LogP contribution < -0.4 is 5.69 Å². The molecule has 6 nitrogen and oxygen atoms in total. The van der Waals surface area contributed by atoms with Crippen molar-refractivity contribution in [2.24, 2.45) is 0 Å². The first-order chi connectivity index (χ1) is 8.63. The second-order valence-corrected chi connectivity index (χ2v) is 3.87. The molecule has 0 saturated carbocycles. The second-order valence-electron chi connectivity index (χ2n) is 3.87. The molecule has 1 aromatic heterocycles. The highest BCUT2D eigenvalue weighted by molar-refractivity contribution is 5.77. The van der Waals surface area contributed by atoms with Gasteiger partial charge < -0.3 is 4.74 Å². The van der Waals surface area contributed by atoms with Gasteiger partial charge in [0.05, 0.1) is 18.7 Å². The van der Waals surface area contributed by atoms with Gasteiger partial charge in [0.2, 0.25) is 0 Å². The summed E-state index contributed by atoms with van der Waals surface area (Å²) < 4.78 is 6.06. The fraction of sp³-hybridized carbons (Fsp3) is 0.250. The minimum Gasteiger partial charge on any atom is -0.469 e. The molecule has 0 spiro atoms. The zero-order chi connectivity index (χ0) is 13.1. The summed E-state index contributed by atoms with van der Waals surface area (Å²) in [5.74, 6) is -0.617. The minimum atomic E-state index is -0.329. The molecule has 0 saturated heterocycles. The minimum absolute atomic E-state index is 0.289. The molecule has 1 heterocycles. The first-order valence-corrected chi connectivity index (χ1v) is 5.43. The van der Waals surface area contributed by atoms with Gasteiger partial charge in [-0.15, -0.1) is 0 Å². The van der Waals surface area contributed by atoms with E-state index in [0.717, 1.165) is 5.56 Å². The van der Waals surface area contributed by atoms with Crippen LogP contribution in [0.15, 0.2) is 35.4 Å². The first-order valence-electron chi connectivity index (χ1n) is 5.43. The zero-order valence-electron chi connectivity index (χ0n) is 10.1. The smallest absolute Gasteiger partial charge is 0.347 e. The zero-order valence-corrected chi connectivity index (χ0v) is 10.1. The highest BCUT2D eigenvalue weighted by Gasteiger charge is 2.15. The molecule has 1 N–H and O–H groups in total. The quantitative estimate of drug-likeness (QED) is 0.815. The lowest BCUT2D eigenvalue weighted by Crippen LogP contribution is -2.14. The molecule has 94 valence electrons. The molecular weight excluding hydrogens is 234 g/mol. The van der Waals surface area contributed by atoms with Crippen LogP contribution in [0, 0.1) is 0 Å². The SMILES string of the molecule is COC(=O)C(C)c1ccc(-n2cn[nH]c2=O)cc1. The number of rotatable bonds is 3. The van der Waals surface area contributed by atoms with Crippen molar-refractivity contribution in [3.8, 4) is 5.69 Å². The summed E-state index contributed by atoms with van der Waals surface area (Å²) in [6.45, 7) is 1.77. The van der Waals surface area contributed by atoms with E-state index in [1.165, 1.54) is 18.0 Å². The molecule has 0 aliphatic carbocycles. The highest BCUT2D eigenvalue weighted by atomic mass is 16.5. The third kappa shape index (κ3) is 2.17. The predicted octanol–water partition coefficient (Wildman–Crippen LogP) is 0.837. The van der Waals surface area contributed by atoms with Crippen molar-refractivity contribution >= 4 is 5.97 Å². The number of methoxy groups -OCH3 is 1. The molecule has 2 rings (SSSR count). The summed E-state index contributed by atoms with van der Waals surface area (Å²) in [4.78, 5) is 22.8. The molecule has 0 aliphatic rings. The third-order valence-electron chi connectivity index (χ3n) is 2.78. The Morgan fingerprint density at radius 3 is 2.56 bits per heavy atom. The lowest BCUT2D eigenvalue weighted by molar-refractivity contribution is -0.141. The van der Waals surface area contributed by atoms with Gasteiger partial charge in [-0.25, -0.2) is 14.5 Å². The summed E-state index contributed by atoms with van der Waals surface area (Å²) >= 11 is 0. The maximum atomic E-state index is 11.4. The fourth-order valence-corrected chi connectivity index (χ4v) is 1.67. The third-order valence-corrected chi connectivity index (χ3v) is 2.78. The second kappa shape index (κ2) is 4.87. The van der Waals surface area contributed by atoms with Crippen molar-refractivity contribution in [2.75, 3.05) is 7.11 Å². The molecule has 6 heteroatoms. The molecular formula is C12H13N3O3. The van der Waals surface area contributed by atoms with E-state index in [9.17, 15) is 9.59 Å². The Kier molecular flexibility index (Phi) is 3.27. The number of hydrogen-bond donors (Lipinski definition) is 1. The van der Waals surface area contributed by atoms with Gasteiger partial charge in [-0.1, -0.05) is 12.1 Å². The molecule has 1 aromatic carbocycles. The number of aromatic amines is 1. The van der Waals surface area contributed by atoms with Gasteiger partial charge in [-0.3, -0.25) is 4.79 Å². The summed E-state index contributed by atoms with van der Waals surface area (Å²) in [6, 6.07) is 7.09. The summed E-state index contributed by atoms with van der Waals surface area (Å²) in [6.07, 6.45) is 1.40. The van der Waals surface area contributed by atoms with E-state index in [2.05, 4.69) is 14.9 Å². The summed E-state index contributed by atoms with van der Waals surface area (Å²) in [7, 11) is 1.36. The van der Waals surface area contributed by atoms with Crippen LogP contribution in [-0.4, -0.2) is 27.8 Å². The first kappa shape index (κ1) is 12.1. The average Bonchev–Trinajstić information content (AvgIpc) is 2.83. The van der Waals surface area contributed by atoms with Gasteiger partial charge in [-0.2, -0.15) is 5.10 Å². The van der Waals surface area contributed by atoms with E-state index < -0.39 is 0 Å². The monoisotopic (exact) mass is 247 g/mol. The normalized spacial score (nSPS) is 12.1. The Labute approximate surface area is 103 Å². The number of aromatic nitrogens is 3. The number of nitrogens with zero attached hydrogens (tertiary/aromatic N) is 2. The molecule has 1 atom stereocenters. The molecule has 0 aliphatic heterocycles. The maximum Gasteiger partial charge on any atom is 0.347 e. The van der Waals surface area contributed by atoms with Crippen LogP contribution in [0.25, 0.3) is 5.69 Å². The van der Waals surface area contributed by atoms with Gasteiger partial charge >= 0.3 is 11.7 Å². The van der Waals surface area contributed by atoms with E-state index in [1.807, 2.05) is 0 Å². The fourth-order valence-electron chi connectivity index (χ4n) is 1.67. The molecule has 0 radical (unpaired) electrons. The van der Waals surface area contributed by atoms with Gasteiger partial charge in [-0.05, 0) is 24.6 Å². The van der Waals surface area contributed by atoms with E-state index >= 15 is 0 Å². The molecule has 18 heavy (non-hydrogen) atoms. The Balaban J connectivity index is 2.28. The number of carbonyl (C=O) groups excluding carboxylic acids is 1.